The molecule has 2 fully saturated rings. The van der Waals surface area contributed by atoms with Crippen LogP contribution in [0.5, 0.6) is 0 Å². The summed E-state index contributed by atoms with van der Waals surface area (Å²) in [7, 11) is 0. The van der Waals surface area contributed by atoms with Crippen molar-refractivity contribution in [1.82, 2.24) is 15.1 Å². The molecule has 0 aromatic rings. The van der Waals surface area contributed by atoms with Crippen molar-refractivity contribution < 1.29 is 14.3 Å². The molecule has 3 amide bonds. The maximum Gasteiger partial charge on any atom is 0.326 e. The second-order valence-corrected chi connectivity index (χ2v) is 7.91. The van der Waals surface area contributed by atoms with Crippen LogP contribution in [0.1, 0.15) is 78.1 Å². The van der Waals surface area contributed by atoms with E-state index in [0.717, 1.165) is 32.4 Å². The predicted molar refractivity (Wildman–Crippen MR) is 103 cm³/mol. The fourth-order valence-corrected chi connectivity index (χ4v) is 3.84. The summed E-state index contributed by atoms with van der Waals surface area (Å²) >= 11 is 0. The molecule has 0 spiro atoms. The Morgan fingerprint density at radius 3 is 2.15 bits per heavy atom. The van der Waals surface area contributed by atoms with Crippen LogP contribution in [0.25, 0.3) is 0 Å². The molecule has 2 heterocycles. The van der Waals surface area contributed by atoms with Crippen molar-refractivity contribution in [3.05, 3.63) is 0 Å². The van der Waals surface area contributed by atoms with Crippen LogP contribution in [-0.4, -0.2) is 60.2 Å². The number of hydrogen-bond donors (Lipinski definition) is 1. The first-order chi connectivity index (χ1) is 12.6. The van der Waals surface area contributed by atoms with E-state index in [-0.39, 0.29) is 11.9 Å². The van der Waals surface area contributed by atoms with Gasteiger partial charge in [0.2, 0.25) is 0 Å². The second-order valence-electron chi connectivity index (χ2n) is 7.91. The van der Waals surface area contributed by atoms with E-state index in [2.05, 4.69) is 17.1 Å². The van der Waals surface area contributed by atoms with Crippen LogP contribution in [-0.2, 0) is 9.53 Å². The highest BCUT2D eigenvalue weighted by Crippen LogP contribution is 2.28. The third-order valence-corrected chi connectivity index (χ3v) is 5.76. The van der Waals surface area contributed by atoms with E-state index in [1.807, 2.05) is 6.92 Å². The topological polar surface area (TPSA) is 61.9 Å². The molecule has 1 atom stereocenters. The number of carbonyl (C=O) groups excluding carboxylic acids is 2. The number of amides is 3. The summed E-state index contributed by atoms with van der Waals surface area (Å²) < 4.78 is 5.37. The van der Waals surface area contributed by atoms with E-state index >= 15 is 0 Å². The molecule has 0 saturated carbocycles. The molecule has 150 valence electrons. The Bertz CT molecular complexity index is 452. The number of nitrogens with zero attached hydrogens (tertiary/aromatic N) is 2. The van der Waals surface area contributed by atoms with Crippen LogP contribution in [0.4, 0.5) is 4.79 Å². The summed E-state index contributed by atoms with van der Waals surface area (Å²) in [6.45, 7) is 7.68. The van der Waals surface area contributed by atoms with E-state index < -0.39 is 5.54 Å². The molecule has 1 unspecified atom stereocenters. The lowest BCUT2D eigenvalue weighted by atomic mass is 9.92. The minimum atomic E-state index is -0.712. The Balaban J connectivity index is 1.71. The van der Waals surface area contributed by atoms with Crippen molar-refractivity contribution in [2.45, 2.75) is 83.6 Å². The largest absolute Gasteiger partial charge is 0.379 e. The first kappa shape index (κ1) is 21.2. The molecule has 1 N–H and O–H groups in total. The molecule has 2 rings (SSSR count). The highest BCUT2D eigenvalue weighted by atomic mass is 16.5. The first-order valence-corrected chi connectivity index (χ1v) is 10.5. The normalized spacial score (nSPS) is 24.3. The molecule has 6 heteroatoms. The third kappa shape index (κ3) is 5.95. The third-order valence-electron chi connectivity index (χ3n) is 5.76. The highest BCUT2D eigenvalue weighted by Gasteiger charge is 2.49. The molecular weight excluding hydrogens is 330 g/mol. The average molecular weight is 368 g/mol. The van der Waals surface area contributed by atoms with Gasteiger partial charge in [-0.15, -0.1) is 0 Å². The summed E-state index contributed by atoms with van der Waals surface area (Å²) in [5.74, 6) is -0.143. The van der Waals surface area contributed by atoms with Crippen LogP contribution in [0.3, 0.4) is 0 Å². The number of nitrogens with one attached hydrogen (secondary N) is 1. The van der Waals surface area contributed by atoms with Gasteiger partial charge in [-0.2, -0.15) is 0 Å². The van der Waals surface area contributed by atoms with Crippen molar-refractivity contribution in [3.63, 3.8) is 0 Å². The van der Waals surface area contributed by atoms with Crippen molar-refractivity contribution >= 4 is 11.9 Å². The highest BCUT2D eigenvalue weighted by molar-refractivity contribution is 6.06. The quantitative estimate of drug-likeness (QED) is 0.423. The molecule has 0 radical (unpaired) electrons. The molecule has 0 aliphatic carbocycles. The summed E-state index contributed by atoms with van der Waals surface area (Å²) in [6.07, 6.45) is 12.0. The van der Waals surface area contributed by atoms with Crippen LogP contribution in [0, 0.1) is 0 Å². The van der Waals surface area contributed by atoms with Gasteiger partial charge < -0.3 is 4.74 Å². The molecule has 2 saturated heterocycles. The van der Waals surface area contributed by atoms with Gasteiger partial charge in [-0.3, -0.25) is 19.9 Å². The van der Waals surface area contributed by atoms with E-state index in [1.54, 1.807) is 4.90 Å². The van der Waals surface area contributed by atoms with E-state index in [9.17, 15) is 9.59 Å². The Morgan fingerprint density at radius 1 is 0.962 bits per heavy atom. The summed E-state index contributed by atoms with van der Waals surface area (Å²) in [4.78, 5) is 28.6. The number of urea groups is 1. The lowest BCUT2D eigenvalue weighted by molar-refractivity contribution is -0.127. The van der Waals surface area contributed by atoms with Gasteiger partial charge in [-0.25, -0.2) is 4.79 Å². The maximum absolute atomic E-state index is 12.4. The van der Waals surface area contributed by atoms with Gasteiger partial charge in [0.1, 0.15) is 5.54 Å². The van der Waals surface area contributed by atoms with Gasteiger partial charge in [-0.1, -0.05) is 64.7 Å². The number of ether oxygens (including phenoxy) is 1. The van der Waals surface area contributed by atoms with Crippen molar-refractivity contribution in [3.8, 4) is 0 Å². The van der Waals surface area contributed by atoms with Crippen LogP contribution >= 0.6 is 0 Å². The average Bonchev–Trinajstić information content (AvgIpc) is 2.85. The van der Waals surface area contributed by atoms with Crippen LogP contribution in [0.15, 0.2) is 0 Å². The molecular formula is C20H37N3O3. The lowest BCUT2D eigenvalue weighted by Crippen LogP contribution is -2.53. The summed E-state index contributed by atoms with van der Waals surface area (Å²) in [6, 6.07) is -0.250. The number of hydrogen-bond acceptors (Lipinski definition) is 4. The van der Waals surface area contributed by atoms with Gasteiger partial charge in [0, 0.05) is 13.1 Å². The molecule has 6 nitrogen and oxygen atoms in total. The summed E-state index contributed by atoms with van der Waals surface area (Å²) in [5.41, 5.74) is -0.712. The van der Waals surface area contributed by atoms with E-state index in [4.69, 9.17) is 4.74 Å². The molecule has 0 aromatic carbocycles. The number of rotatable bonds is 12. The Hall–Kier alpha value is -1.14. The zero-order valence-electron chi connectivity index (χ0n) is 16.7. The SMILES string of the molecule is CCCCCCCCCCCC1(C)C(=O)NC(=O)N1CN1CCOCC1. The maximum atomic E-state index is 12.4. The molecule has 26 heavy (non-hydrogen) atoms. The lowest BCUT2D eigenvalue weighted by Gasteiger charge is -2.37. The fourth-order valence-electron chi connectivity index (χ4n) is 3.84. The minimum Gasteiger partial charge on any atom is -0.379 e. The van der Waals surface area contributed by atoms with Gasteiger partial charge >= 0.3 is 6.03 Å². The Morgan fingerprint density at radius 2 is 1.54 bits per heavy atom. The van der Waals surface area contributed by atoms with Gasteiger partial charge in [-0.05, 0) is 13.3 Å². The Labute approximate surface area is 158 Å². The number of carbonyl (C=O) groups is 2. The van der Waals surface area contributed by atoms with Crippen molar-refractivity contribution in [2.24, 2.45) is 0 Å². The van der Waals surface area contributed by atoms with Crippen molar-refractivity contribution in [2.75, 3.05) is 33.0 Å². The molecule has 0 aromatic heterocycles. The van der Waals surface area contributed by atoms with Crippen molar-refractivity contribution in [1.29, 1.82) is 0 Å². The number of imide groups is 1. The number of unbranched alkanes of at least 4 members (excludes halogenated alkanes) is 8. The predicted octanol–water partition coefficient (Wildman–Crippen LogP) is 3.51. The van der Waals surface area contributed by atoms with Crippen LogP contribution in [0.2, 0.25) is 0 Å². The monoisotopic (exact) mass is 367 g/mol. The summed E-state index contributed by atoms with van der Waals surface area (Å²) in [5, 5.41) is 2.52. The standard InChI is InChI=1S/C20H37N3O3/c1-3-4-5-6-7-8-9-10-11-12-20(2)18(24)21-19(25)23(20)17-22-13-15-26-16-14-22/h3-17H2,1-2H3,(H,21,24,25). The fraction of sp³-hybridized carbons (Fsp3) is 0.900. The second kappa shape index (κ2) is 10.9. The Kier molecular flexibility index (Phi) is 8.85. The molecule has 0 bridgehead atoms. The van der Waals surface area contributed by atoms with Gasteiger partial charge in [0.05, 0.1) is 19.9 Å². The van der Waals surface area contributed by atoms with Crippen LogP contribution < -0.4 is 5.32 Å². The molecule has 2 aliphatic heterocycles. The zero-order valence-corrected chi connectivity index (χ0v) is 16.7. The first-order valence-electron chi connectivity index (χ1n) is 10.5. The van der Waals surface area contributed by atoms with E-state index in [0.29, 0.717) is 19.9 Å². The zero-order chi connectivity index (χ0) is 18.8. The number of morpholine rings is 1. The molecule has 2 aliphatic rings. The van der Waals surface area contributed by atoms with E-state index in [1.165, 1.54) is 44.9 Å². The minimum absolute atomic E-state index is 0.143. The van der Waals surface area contributed by atoms with Gasteiger partial charge in [0.15, 0.2) is 0 Å². The van der Waals surface area contributed by atoms with Gasteiger partial charge in [0.25, 0.3) is 5.91 Å². The smallest absolute Gasteiger partial charge is 0.326 e.